The summed E-state index contributed by atoms with van der Waals surface area (Å²) in [7, 11) is 1.97. The van der Waals surface area contributed by atoms with Gasteiger partial charge in [0.05, 0.1) is 12.1 Å². The number of likely N-dealkylation sites (tertiary alicyclic amines) is 1. The highest BCUT2D eigenvalue weighted by Gasteiger charge is 2.31. The summed E-state index contributed by atoms with van der Waals surface area (Å²) in [6.45, 7) is 2.41. The van der Waals surface area contributed by atoms with Gasteiger partial charge in [0.2, 0.25) is 0 Å². The number of pyridine rings is 1. The molecule has 1 saturated heterocycles. The highest BCUT2D eigenvalue weighted by molar-refractivity contribution is 5.70. The number of fused-ring (bicyclic) bond motifs is 1. The summed E-state index contributed by atoms with van der Waals surface area (Å²) >= 11 is 0. The number of alkyl halides is 3. The first-order valence-electron chi connectivity index (χ1n) is 9.07. The topological polar surface area (TPSA) is 34.0 Å². The van der Waals surface area contributed by atoms with Crippen LogP contribution in [0.3, 0.4) is 0 Å². The zero-order valence-electron chi connectivity index (χ0n) is 15.1. The van der Waals surface area contributed by atoms with Crippen LogP contribution in [0.2, 0.25) is 0 Å². The van der Waals surface area contributed by atoms with Crippen molar-refractivity contribution in [2.75, 3.05) is 13.1 Å². The van der Waals surface area contributed by atoms with Crippen molar-refractivity contribution in [2.45, 2.75) is 31.5 Å². The van der Waals surface area contributed by atoms with E-state index in [0.29, 0.717) is 0 Å². The van der Waals surface area contributed by atoms with Gasteiger partial charge in [-0.1, -0.05) is 18.2 Å². The van der Waals surface area contributed by atoms with Crippen LogP contribution in [0.25, 0.3) is 11.2 Å². The Kier molecular flexibility index (Phi) is 4.63. The van der Waals surface area contributed by atoms with Crippen LogP contribution < -0.4 is 0 Å². The van der Waals surface area contributed by atoms with E-state index in [4.69, 9.17) is 0 Å². The van der Waals surface area contributed by atoms with Gasteiger partial charge in [0.1, 0.15) is 11.3 Å². The summed E-state index contributed by atoms with van der Waals surface area (Å²) in [5, 5.41) is 0. The Hall–Kier alpha value is -2.41. The number of imidazole rings is 1. The number of hydrogen-bond acceptors (Lipinski definition) is 3. The van der Waals surface area contributed by atoms with E-state index in [1.165, 1.54) is 12.1 Å². The molecule has 0 saturated carbocycles. The minimum Gasteiger partial charge on any atom is -0.315 e. The normalized spacial score (nSPS) is 16.9. The molecule has 0 unspecified atom stereocenters. The molecule has 1 aromatic carbocycles. The van der Waals surface area contributed by atoms with E-state index >= 15 is 0 Å². The molecule has 1 fully saturated rings. The third-order valence-corrected chi connectivity index (χ3v) is 5.36. The summed E-state index contributed by atoms with van der Waals surface area (Å²) < 4.78 is 40.8. The fourth-order valence-electron chi connectivity index (χ4n) is 3.81. The highest BCUT2D eigenvalue weighted by atomic mass is 19.4. The van der Waals surface area contributed by atoms with E-state index in [0.717, 1.165) is 61.1 Å². The van der Waals surface area contributed by atoms with Gasteiger partial charge in [0.15, 0.2) is 5.65 Å². The lowest BCUT2D eigenvalue weighted by Gasteiger charge is -2.32. The van der Waals surface area contributed by atoms with Crippen molar-refractivity contribution >= 4 is 11.2 Å². The van der Waals surface area contributed by atoms with Gasteiger partial charge in [-0.3, -0.25) is 4.90 Å². The minimum atomic E-state index is -4.29. The van der Waals surface area contributed by atoms with E-state index in [2.05, 4.69) is 14.9 Å². The van der Waals surface area contributed by atoms with Crippen molar-refractivity contribution in [3.8, 4) is 0 Å². The first-order chi connectivity index (χ1) is 12.9. The molecule has 4 nitrogen and oxygen atoms in total. The van der Waals surface area contributed by atoms with E-state index < -0.39 is 11.7 Å². The molecule has 0 atom stereocenters. The maximum Gasteiger partial charge on any atom is 0.416 e. The number of benzene rings is 1. The quantitative estimate of drug-likeness (QED) is 0.683. The molecule has 1 aliphatic heterocycles. The molecule has 0 radical (unpaired) electrons. The first-order valence-corrected chi connectivity index (χ1v) is 9.07. The second-order valence-corrected chi connectivity index (χ2v) is 7.11. The van der Waals surface area contributed by atoms with Crippen molar-refractivity contribution < 1.29 is 13.2 Å². The summed E-state index contributed by atoms with van der Waals surface area (Å²) in [6.07, 6.45) is -0.827. The van der Waals surface area contributed by atoms with E-state index in [1.54, 1.807) is 6.20 Å². The van der Waals surface area contributed by atoms with Gasteiger partial charge in [-0.15, -0.1) is 0 Å². The van der Waals surface area contributed by atoms with Crippen LogP contribution in [0, 0.1) is 0 Å². The van der Waals surface area contributed by atoms with E-state index in [-0.39, 0.29) is 5.92 Å². The second-order valence-electron chi connectivity index (χ2n) is 7.11. The molecule has 3 aromatic rings. The highest BCUT2D eigenvalue weighted by Crippen LogP contribution is 2.34. The molecular formula is C20H21F3N4. The average Bonchev–Trinajstić information content (AvgIpc) is 2.98. The number of rotatable bonds is 3. The molecule has 27 heavy (non-hydrogen) atoms. The van der Waals surface area contributed by atoms with Crippen molar-refractivity contribution in [1.82, 2.24) is 19.4 Å². The lowest BCUT2D eigenvalue weighted by Crippen LogP contribution is -2.33. The van der Waals surface area contributed by atoms with Gasteiger partial charge < -0.3 is 4.57 Å². The monoisotopic (exact) mass is 374 g/mol. The summed E-state index contributed by atoms with van der Waals surface area (Å²) in [5.41, 5.74) is 1.98. The Morgan fingerprint density at radius 1 is 1.11 bits per heavy atom. The number of halogens is 3. The zero-order valence-corrected chi connectivity index (χ0v) is 15.1. The largest absolute Gasteiger partial charge is 0.416 e. The number of piperidine rings is 1. The SMILES string of the molecule is Cn1c(CN2CCC(c3cccc(C(F)(F)F)c3)CC2)nc2cccnc21. The molecule has 0 bridgehead atoms. The van der Waals surface area contributed by atoms with Crippen molar-refractivity contribution in [1.29, 1.82) is 0 Å². The molecule has 0 aliphatic carbocycles. The maximum absolute atomic E-state index is 12.9. The number of aryl methyl sites for hydroxylation is 1. The Labute approximate surface area is 155 Å². The van der Waals surface area contributed by atoms with Gasteiger partial charge in [-0.05, 0) is 55.6 Å². The number of hydrogen-bond donors (Lipinski definition) is 0. The molecule has 7 heteroatoms. The van der Waals surface area contributed by atoms with Crippen LogP contribution in [0.1, 0.15) is 35.7 Å². The van der Waals surface area contributed by atoms with Gasteiger partial charge >= 0.3 is 6.18 Å². The zero-order chi connectivity index (χ0) is 19.0. The molecule has 3 heterocycles. The minimum absolute atomic E-state index is 0.172. The lowest BCUT2D eigenvalue weighted by atomic mass is 9.88. The third kappa shape index (κ3) is 3.69. The van der Waals surface area contributed by atoms with Crippen LogP contribution in [0.15, 0.2) is 42.6 Å². The summed E-state index contributed by atoms with van der Waals surface area (Å²) in [6, 6.07) is 9.59. The van der Waals surface area contributed by atoms with E-state index in [1.807, 2.05) is 29.8 Å². The van der Waals surface area contributed by atoms with Crippen LogP contribution in [0.4, 0.5) is 13.2 Å². The van der Waals surface area contributed by atoms with Gasteiger partial charge in [-0.2, -0.15) is 13.2 Å². The van der Waals surface area contributed by atoms with Crippen LogP contribution in [-0.4, -0.2) is 32.5 Å². The average molecular weight is 374 g/mol. The van der Waals surface area contributed by atoms with Gasteiger partial charge in [0.25, 0.3) is 0 Å². The fraction of sp³-hybridized carbons (Fsp3) is 0.400. The summed E-state index contributed by atoms with van der Waals surface area (Å²) in [5.74, 6) is 1.13. The van der Waals surface area contributed by atoms with Crippen molar-refractivity contribution in [2.24, 2.45) is 7.05 Å². The Morgan fingerprint density at radius 3 is 2.59 bits per heavy atom. The standard InChI is InChI=1S/C20H21F3N4/c1-26-18(25-17-6-3-9-24-19(17)26)13-27-10-7-14(8-11-27)15-4-2-5-16(12-15)20(21,22)23/h2-6,9,12,14H,7-8,10-11,13H2,1H3. The maximum atomic E-state index is 12.9. The fourth-order valence-corrected chi connectivity index (χ4v) is 3.81. The van der Waals surface area contributed by atoms with E-state index in [9.17, 15) is 13.2 Å². The molecule has 4 rings (SSSR count). The predicted molar refractivity (Wildman–Crippen MR) is 97.2 cm³/mol. The Bertz CT molecular complexity index is 940. The summed E-state index contributed by atoms with van der Waals surface area (Å²) in [4.78, 5) is 11.3. The molecular weight excluding hydrogens is 353 g/mol. The molecule has 0 amide bonds. The molecule has 2 aromatic heterocycles. The molecule has 142 valence electrons. The van der Waals surface area contributed by atoms with Gasteiger partial charge in [0, 0.05) is 13.2 Å². The molecule has 0 N–H and O–H groups in total. The predicted octanol–water partition coefficient (Wildman–Crippen LogP) is 4.37. The second kappa shape index (κ2) is 6.96. The smallest absolute Gasteiger partial charge is 0.315 e. The molecule has 1 aliphatic rings. The van der Waals surface area contributed by atoms with Crippen LogP contribution in [-0.2, 0) is 19.8 Å². The van der Waals surface area contributed by atoms with Gasteiger partial charge in [-0.25, -0.2) is 9.97 Å². The van der Waals surface area contributed by atoms with Crippen molar-refractivity contribution in [3.05, 3.63) is 59.5 Å². The van der Waals surface area contributed by atoms with Crippen LogP contribution >= 0.6 is 0 Å². The lowest BCUT2D eigenvalue weighted by molar-refractivity contribution is -0.137. The van der Waals surface area contributed by atoms with Crippen LogP contribution in [0.5, 0.6) is 0 Å². The Balaban J connectivity index is 1.42. The van der Waals surface area contributed by atoms with Crippen molar-refractivity contribution in [3.63, 3.8) is 0 Å². The number of nitrogens with zero attached hydrogens (tertiary/aromatic N) is 4. The first kappa shape index (κ1) is 18.0. The molecule has 0 spiro atoms. The number of aromatic nitrogens is 3. The third-order valence-electron chi connectivity index (χ3n) is 5.36. The Morgan fingerprint density at radius 2 is 1.89 bits per heavy atom.